The Balaban J connectivity index is 2.74. The van der Waals surface area contributed by atoms with E-state index in [1.54, 1.807) is 14.2 Å². The molecule has 5 nitrogen and oxygen atoms in total. The van der Waals surface area contributed by atoms with Crippen LogP contribution in [0.3, 0.4) is 0 Å². The highest BCUT2D eigenvalue weighted by atomic mass is 16.6. The number of ether oxygens (including phenoxy) is 2. The van der Waals surface area contributed by atoms with E-state index in [4.69, 9.17) is 9.47 Å². The van der Waals surface area contributed by atoms with Gasteiger partial charge in [0.2, 0.25) is 0 Å². The second kappa shape index (κ2) is 7.41. The van der Waals surface area contributed by atoms with Crippen LogP contribution in [-0.2, 0) is 11.2 Å². The molecule has 1 atom stereocenters. The number of rotatable bonds is 7. The molecule has 1 aromatic rings. The molecule has 0 amide bonds. The lowest BCUT2D eigenvalue weighted by atomic mass is 9.85. The molecule has 117 valence electrons. The summed E-state index contributed by atoms with van der Waals surface area (Å²) in [4.78, 5) is 10.4. The lowest BCUT2D eigenvalue weighted by Crippen LogP contribution is -2.28. The molecule has 0 aliphatic carbocycles. The normalized spacial score (nSPS) is 13.0. The average Bonchev–Trinajstić information content (AvgIpc) is 2.41. The molecule has 1 aromatic carbocycles. The number of nitro benzene ring substituents is 1. The number of nitro groups is 1. The van der Waals surface area contributed by atoms with E-state index < -0.39 is 4.92 Å². The minimum Gasteiger partial charge on any atom is -0.496 e. The van der Waals surface area contributed by atoms with E-state index >= 15 is 0 Å². The number of non-ortho nitro benzene ring substituents is 1. The molecule has 1 rings (SSSR count). The van der Waals surface area contributed by atoms with E-state index in [1.807, 2.05) is 0 Å². The Morgan fingerprint density at radius 3 is 2.52 bits per heavy atom. The second-order valence-corrected chi connectivity index (χ2v) is 6.15. The van der Waals surface area contributed by atoms with Gasteiger partial charge in [-0.15, -0.1) is 0 Å². The third-order valence-electron chi connectivity index (χ3n) is 3.56. The topological polar surface area (TPSA) is 61.6 Å². The van der Waals surface area contributed by atoms with E-state index in [2.05, 4.69) is 26.8 Å². The Morgan fingerprint density at radius 1 is 1.38 bits per heavy atom. The fourth-order valence-corrected chi connectivity index (χ4v) is 2.38. The molecule has 1 radical (unpaired) electrons. The molecule has 21 heavy (non-hydrogen) atoms. The van der Waals surface area contributed by atoms with E-state index in [0.717, 1.165) is 18.4 Å². The molecule has 1 unspecified atom stereocenters. The molecule has 0 saturated carbocycles. The first-order valence-corrected chi connectivity index (χ1v) is 7.05. The van der Waals surface area contributed by atoms with Crippen molar-refractivity contribution in [1.29, 1.82) is 0 Å². The number of nitrogens with zero attached hydrogens (tertiary/aromatic N) is 1. The molecule has 0 heterocycles. The number of methoxy groups -OCH3 is 2. The minimum atomic E-state index is -0.434. The summed E-state index contributed by atoms with van der Waals surface area (Å²) in [5.74, 6) is 0.644. The van der Waals surface area contributed by atoms with Gasteiger partial charge in [-0.1, -0.05) is 20.8 Å². The average molecular weight is 294 g/mol. The van der Waals surface area contributed by atoms with Crippen molar-refractivity contribution < 1.29 is 14.4 Å². The minimum absolute atomic E-state index is 0.0232. The Hall–Kier alpha value is -1.62. The fourth-order valence-electron chi connectivity index (χ4n) is 2.38. The van der Waals surface area contributed by atoms with Crippen molar-refractivity contribution in [3.8, 4) is 5.75 Å². The summed E-state index contributed by atoms with van der Waals surface area (Å²) in [5, 5.41) is 10.8. The third-order valence-corrected chi connectivity index (χ3v) is 3.56. The number of aryl methyl sites for hydroxylation is 1. The Bertz CT molecular complexity index is 480. The Morgan fingerprint density at radius 2 is 2.05 bits per heavy atom. The van der Waals surface area contributed by atoms with Crippen molar-refractivity contribution in [3.63, 3.8) is 0 Å². The summed E-state index contributed by atoms with van der Waals surface area (Å²) in [6.07, 6.45) is 2.66. The van der Waals surface area contributed by atoms with Crippen molar-refractivity contribution in [1.82, 2.24) is 0 Å². The summed E-state index contributed by atoms with van der Waals surface area (Å²) in [6, 6.07) is 5.69. The van der Waals surface area contributed by atoms with Crippen LogP contribution in [0.5, 0.6) is 5.75 Å². The van der Waals surface area contributed by atoms with Gasteiger partial charge in [0.05, 0.1) is 24.2 Å². The van der Waals surface area contributed by atoms with Crippen LogP contribution < -0.4 is 4.74 Å². The van der Waals surface area contributed by atoms with Crippen LogP contribution in [0.1, 0.15) is 39.2 Å². The lowest BCUT2D eigenvalue weighted by molar-refractivity contribution is -0.385. The van der Waals surface area contributed by atoms with Gasteiger partial charge >= 0.3 is 0 Å². The maximum Gasteiger partial charge on any atom is 0.278 e. The molecule has 0 N–H and O–H groups in total. The number of benzene rings is 1. The van der Waals surface area contributed by atoms with E-state index in [1.165, 1.54) is 12.1 Å². The van der Waals surface area contributed by atoms with Crippen molar-refractivity contribution in [2.45, 2.75) is 46.1 Å². The second-order valence-electron chi connectivity index (χ2n) is 6.15. The molecule has 0 aliphatic rings. The van der Waals surface area contributed by atoms with Crippen LogP contribution in [0.25, 0.3) is 0 Å². The summed E-state index contributed by atoms with van der Waals surface area (Å²) < 4.78 is 10.8. The number of hydrogen-bond acceptors (Lipinski definition) is 4. The van der Waals surface area contributed by atoms with Crippen LogP contribution in [0.15, 0.2) is 12.1 Å². The van der Waals surface area contributed by atoms with E-state index in [9.17, 15) is 10.1 Å². The first-order valence-electron chi connectivity index (χ1n) is 7.05. The van der Waals surface area contributed by atoms with Crippen LogP contribution in [0.2, 0.25) is 0 Å². The SMILES string of the molecule is COc1c[c]c([N+](=O)[O-])cc1CCCC(OC)C(C)(C)C. The quantitative estimate of drug-likeness (QED) is 0.567. The summed E-state index contributed by atoms with van der Waals surface area (Å²) in [5.41, 5.74) is 0.895. The molecule has 0 fully saturated rings. The first-order chi connectivity index (χ1) is 9.79. The van der Waals surface area contributed by atoms with Crippen molar-refractivity contribution in [3.05, 3.63) is 33.9 Å². The van der Waals surface area contributed by atoms with Crippen molar-refractivity contribution in [2.24, 2.45) is 5.41 Å². The summed E-state index contributed by atoms with van der Waals surface area (Å²) >= 11 is 0. The van der Waals surface area contributed by atoms with E-state index in [-0.39, 0.29) is 17.2 Å². The monoisotopic (exact) mass is 294 g/mol. The largest absolute Gasteiger partial charge is 0.496 e. The molecular formula is C16H24NO4. The maximum atomic E-state index is 10.8. The van der Waals surface area contributed by atoms with Gasteiger partial charge in [-0.05, 0) is 30.7 Å². The molecule has 0 spiro atoms. The molecular weight excluding hydrogens is 270 g/mol. The third kappa shape index (κ3) is 5.01. The highest BCUT2D eigenvalue weighted by Gasteiger charge is 2.24. The van der Waals surface area contributed by atoms with Crippen molar-refractivity contribution >= 4 is 5.69 Å². The molecule has 0 aliphatic heterocycles. The van der Waals surface area contributed by atoms with Crippen LogP contribution in [0.4, 0.5) is 5.69 Å². The number of hydrogen-bond donors (Lipinski definition) is 0. The van der Waals surface area contributed by atoms with E-state index in [0.29, 0.717) is 12.2 Å². The summed E-state index contributed by atoms with van der Waals surface area (Å²) in [6.45, 7) is 6.43. The van der Waals surface area contributed by atoms with Crippen LogP contribution >= 0.6 is 0 Å². The first kappa shape index (κ1) is 17.4. The standard InChI is InChI=1S/C16H24NO4/c1-16(2,3)15(21-5)8-6-7-12-11-13(17(18)19)9-10-14(12)20-4/h10-11,15H,6-8H2,1-5H3. The van der Waals surface area contributed by atoms with Crippen molar-refractivity contribution in [2.75, 3.05) is 14.2 Å². The smallest absolute Gasteiger partial charge is 0.278 e. The predicted molar refractivity (Wildman–Crippen MR) is 81.7 cm³/mol. The zero-order valence-corrected chi connectivity index (χ0v) is 13.4. The molecule has 0 saturated heterocycles. The maximum absolute atomic E-state index is 10.8. The van der Waals surface area contributed by atoms with Crippen LogP contribution in [0, 0.1) is 21.6 Å². The lowest BCUT2D eigenvalue weighted by Gasteiger charge is -2.29. The Labute approximate surface area is 126 Å². The zero-order valence-electron chi connectivity index (χ0n) is 13.4. The highest BCUT2D eigenvalue weighted by Crippen LogP contribution is 2.28. The van der Waals surface area contributed by atoms with Gasteiger partial charge in [-0.2, -0.15) is 0 Å². The van der Waals surface area contributed by atoms with Gasteiger partial charge in [0.15, 0.2) is 0 Å². The zero-order chi connectivity index (χ0) is 16.0. The van der Waals surface area contributed by atoms with Gasteiger partial charge in [-0.25, -0.2) is 0 Å². The molecule has 0 aromatic heterocycles. The van der Waals surface area contributed by atoms with Gasteiger partial charge in [0, 0.05) is 18.7 Å². The van der Waals surface area contributed by atoms with Gasteiger partial charge in [-0.3, -0.25) is 10.1 Å². The highest BCUT2D eigenvalue weighted by molar-refractivity contribution is 5.42. The summed E-state index contributed by atoms with van der Waals surface area (Å²) in [7, 11) is 3.28. The molecule has 0 bridgehead atoms. The van der Waals surface area contributed by atoms with Gasteiger partial charge < -0.3 is 9.47 Å². The Kier molecular flexibility index (Phi) is 6.15. The van der Waals surface area contributed by atoms with Gasteiger partial charge in [0.1, 0.15) is 5.75 Å². The fraction of sp³-hybridized carbons (Fsp3) is 0.625. The predicted octanol–water partition coefficient (Wildman–Crippen LogP) is 3.79. The van der Waals surface area contributed by atoms with Gasteiger partial charge in [0.25, 0.3) is 5.69 Å². The molecule has 5 heteroatoms. The van der Waals surface area contributed by atoms with Crippen LogP contribution in [-0.4, -0.2) is 25.2 Å².